The number of hydrogen-bond donors (Lipinski definition) is 2. The number of aromatic amines is 2. The van der Waals surface area contributed by atoms with Crippen LogP contribution in [0.2, 0.25) is 0 Å². The average molecular weight is 216 g/mol. The van der Waals surface area contributed by atoms with Crippen molar-refractivity contribution in [2.45, 2.75) is 13.8 Å². The van der Waals surface area contributed by atoms with Crippen molar-refractivity contribution in [3.63, 3.8) is 0 Å². The van der Waals surface area contributed by atoms with Crippen molar-refractivity contribution in [1.82, 2.24) is 10.2 Å². The third-order valence-electron chi connectivity index (χ3n) is 2.49. The molecule has 1 heterocycles. The molecule has 0 spiro atoms. The summed E-state index contributed by atoms with van der Waals surface area (Å²) in [6.07, 6.45) is 0. The van der Waals surface area contributed by atoms with E-state index in [0.29, 0.717) is 5.56 Å². The predicted octanol–water partition coefficient (Wildman–Crippen LogP) is 1.35. The van der Waals surface area contributed by atoms with E-state index in [1.165, 1.54) is 6.07 Å². The molecule has 0 aliphatic carbocycles. The first-order valence-electron chi connectivity index (χ1n) is 4.97. The van der Waals surface area contributed by atoms with Crippen molar-refractivity contribution in [3.8, 4) is 11.1 Å². The summed E-state index contributed by atoms with van der Waals surface area (Å²) in [5.41, 5.74) is 2.71. The number of aryl methyl sites for hydroxylation is 2. The second-order valence-corrected chi connectivity index (χ2v) is 3.82. The molecule has 0 unspecified atom stereocenters. The number of benzene rings is 1. The van der Waals surface area contributed by atoms with Gasteiger partial charge in [0.1, 0.15) is 0 Å². The molecule has 1 aromatic heterocycles. The van der Waals surface area contributed by atoms with Crippen LogP contribution >= 0.6 is 0 Å². The van der Waals surface area contributed by atoms with Crippen LogP contribution in [0.25, 0.3) is 11.1 Å². The lowest BCUT2D eigenvalue weighted by atomic mass is 10.0. The summed E-state index contributed by atoms with van der Waals surface area (Å²) in [6.45, 7) is 3.90. The van der Waals surface area contributed by atoms with Gasteiger partial charge in [-0.15, -0.1) is 0 Å². The normalized spacial score (nSPS) is 10.4. The maximum atomic E-state index is 11.6. The zero-order valence-corrected chi connectivity index (χ0v) is 9.13. The summed E-state index contributed by atoms with van der Waals surface area (Å²) in [5, 5.41) is 4.56. The Hall–Kier alpha value is -2.10. The minimum Gasteiger partial charge on any atom is -0.268 e. The summed E-state index contributed by atoms with van der Waals surface area (Å²) >= 11 is 0. The van der Waals surface area contributed by atoms with Gasteiger partial charge in [0.2, 0.25) is 0 Å². The van der Waals surface area contributed by atoms with Gasteiger partial charge in [-0.2, -0.15) is 0 Å². The number of H-pyrrole nitrogens is 2. The molecule has 0 amide bonds. The second-order valence-electron chi connectivity index (χ2n) is 3.82. The summed E-state index contributed by atoms with van der Waals surface area (Å²) in [7, 11) is 0. The molecule has 4 nitrogen and oxygen atoms in total. The molecule has 82 valence electrons. The van der Waals surface area contributed by atoms with E-state index in [-0.39, 0.29) is 11.1 Å². The van der Waals surface area contributed by atoms with Crippen molar-refractivity contribution in [2.24, 2.45) is 0 Å². The first-order valence-corrected chi connectivity index (χ1v) is 4.97. The predicted molar refractivity (Wildman–Crippen MR) is 62.6 cm³/mol. The Labute approximate surface area is 91.9 Å². The number of nitrogens with one attached hydrogen (secondary N) is 2. The Morgan fingerprint density at radius 1 is 0.938 bits per heavy atom. The molecule has 0 saturated carbocycles. The topological polar surface area (TPSA) is 65.7 Å². The van der Waals surface area contributed by atoms with Crippen LogP contribution in [0.3, 0.4) is 0 Å². The molecule has 2 N–H and O–H groups in total. The van der Waals surface area contributed by atoms with Crippen LogP contribution in [0.1, 0.15) is 11.1 Å². The maximum Gasteiger partial charge on any atom is 0.270 e. The third kappa shape index (κ3) is 1.82. The molecule has 16 heavy (non-hydrogen) atoms. The highest BCUT2D eigenvalue weighted by Crippen LogP contribution is 2.19. The Balaban J connectivity index is 2.72. The monoisotopic (exact) mass is 216 g/mol. The molecule has 4 heteroatoms. The van der Waals surface area contributed by atoms with Gasteiger partial charge in [0.15, 0.2) is 0 Å². The smallest absolute Gasteiger partial charge is 0.268 e. The van der Waals surface area contributed by atoms with Gasteiger partial charge in [-0.25, -0.2) is 0 Å². The highest BCUT2D eigenvalue weighted by atomic mass is 16.1. The van der Waals surface area contributed by atoms with Crippen LogP contribution in [-0.4, -0.2) is 10.2 Å². The van der Waals surface area contributed by atoms with Crippen LogP contribution in [0.15, 0.2) is 33.9 Å². The summed E-state index contributed by atoms with van der Waals surface area (Å²) in [4.78, 5) is 22.8. The largest absolute Gasteiger partial charge is 0.270 e. The fraction of sp³-hybridized carbons (Fsp3) is 0.167. The van der Waals surface area contributed by atoms with Crippen LogP contribution in [-0.2, 0) is 0 Å². The Bertz CT molecular complexity index is 638. The summed E-state index contributed by atoms with van der Waals surface area (Å²) in [5.74, 6) is 0. The van der Waals surface area contributed by atoms with E-state index in [1.807, 2.05) is 32.0 Å². The van der Waals surface area contributed by atoms with Crippen molar-refractivity contribution in [2.75, 3.05) is 0 Å². The van der Waals surface area contributed by atoms with Crippen LogP contribution in [0, 0.1) is 13.8 Å². The quantitative estimate of drug-likeness (QED) is 0.755. The molecule has 0 radical (unpaired) electrons. The van der Waals surface area contributed by atoms with Crippen molar-refractivity contribution < 1.29 is 0 Å². The van der Waals surface area contributed by atoms with Gasteiger partial charge in [-0.05, 0) is 25.0 Å². The van der Waals surface area contributed by atoms with E-state index in [9.17, 15) is 9.59 Å². The molecular formula is C12H12N2O2. The highest BCUT2D eigenvalue weighted by Gasteiger charge is 2.06. The Morgan fingerprint density at radius 3 is 2.38 bits per heavy atom. The zero-order valence-electron chi connectivity index (χ0n) is 9.13. The third-order valence-corrected chi connectivity index (χ3v) is 2.49. The Morgan fingerprint density at radius 2 is 1.69 bits per heavy atom. The first kappa shape index (κ1) is 10.4. The lowest BCUT2D eigenvalue weighted by Gasteiger charge is -2.05. The molecule has 0 atom stereocenters. The van der Waals surface area contributed by atoms with Gasteiger partial charge in [-0.1, -0.05) is 23.8 Å². The van der Waals surface area contributed by atoms with E-state index < -0.39 is 0 Å². The van der Waals surface area contributed by atoms with Crippen molar-refractivity contribution in [3.05, 3.63) is 56.1 Å². The van der Waals surface area contributed by atoms with Crippen LogP contribution in [0.4, 0.5) is 0 Å². The van der Waals surface area contributed by atoms with E-state index in [1.54, 1.807) is 0 Å². The molecule has 0 aliphatic heterocycles. The number of aromatic nitrogens is 2. The number of rotatable bonds is 1. The van der Waals surface area contributed by atoms with E-state index in [4.69, 9.17) is 0 Å². The molecule has 0 aliphatic rings. The zero-order chi connectivity index (χ0) is 11.7. The molecular weight excluding hydrogens is 204 g/mol. The van der Waals surface area contributed by atoms with Gasteiger partial charge in [0.05, 0.1) is 5.56 Å². The van der Waals surface area contributed by atoms with Crippen LogP contribution in [0.5, 0.6) is 0 Å². The van der Waals surface area contributed by atoms with E-state index >= 15 is 0 Å². The lowest BCUT2D eigenvalue weighted by molar-refractivity contribution is 0.954. The van der Waals surface area contributed by atoms with Crippen molar-refractivity contribution in [1.29, 1.82) is 0 Å². The fourth-order valence-corrected chi connectivity index (χ4v) is 1.73. The average Bonchev–Trinajstić information content (AvgIpc) is 2.22. The van der Waals surface area contributed by atoms with Crippen molar-refractivity contribution >= 4 is 0 Å². The van der Waals surface area contributed by atoms with Gasteiger partial charge in [0.25, 0.3) is 11.1 Å². The number of hydrogen-bond acceptors (Lipinski definition) is 2. The minimum absolute atomic E-state index is 0.286. The molecule has 2 rings (SSSR count). The first-order chi connectivity index (χ1) is 7.58. The molecule has 1 aromatic carbocycles. The van der Waals surface area contributed by atoms with Gasteiger partial charge < -0.3 is 0 Å². The van der Waals surface area contributed by atoms with Gasteiger partial charge in [-0.3, -0.25) is 19.8 Å². The fourth-order valence-electron chi connectivity index (χ4n) is 1.73. The van der Waals surface area contributed by atoms with Gasteiger partial charge in [0, 0.05) is 6.07 Å². The Kier molecular flexibility index (Phi) is 2.48. The highest BCUT2D eigenvalue weighted by molar-refractivity contribution is 5.66. The standard InChI is InChI=1S/C12H12N2O2/c1-7-3-4-9(8(2)5-7)10-6-11(15)13-14-12(10)16/h3-6H,1-2H3,(H,13,15)(H,14,16). The minimum atomic E-state index is -0.311. The SMILES string of the molecule is Cc1ccc(-c2cc(=O)[nH][nH]c2=O)c(C)c1. The maximum absolute atomic E-state index is 11.6. The summed E-state index contributed by atoms with van der Waals surface area (Å²) < 4.78 is 0. The molecule has 0 fully saturated rings. The van der Waals surface area contributed by atoms with E-state index in [0.717, 1.165) is 16.7 Å². The summed E-state index contributed by atoms with van der Waals surface area (Å²) in [6, 6.07) is 7.07. The molecule has 0 bridgehead atoms. The lowest BCUT2D eigenvalue weighted by Crippen LogP contribution is -2.19. The molecule has 2 aromatic rings. The van der Waals surface area contributed by atoms with Gasteiger partial charge >= 0.3 is 0 Å². The second kappa shape index (κ2) is 3.81. The molecule has 0 saturated heterocycles. The van der Waals surface area contributed by atoms with Crippen LogP contribution < -0.4 is 11.1 Å². The van der Waals surface area contributed by atoms with E-state index in [2.05, 4.69) is 10.2 Å².